The van der Waals surface area contributed by atoms with Crippen LogP contribution in [0.5, 0.6) is 5.75 Å². The van der Waals surface area contributed by atoms with E-state index in [0.29, 0.717) is 43.9 Å². The van der Waals surface area contributed by atoms with Gasteiger partial charge >= 0.3 is 5.69 Å². The van der Waals surface area contributed by atoms with E-state index in [-0.39, 0.29) is 23.2 Å². The van der Waals surface area contributed by atoms with E-state index in [2.05, 4.69) is 4.90 Å². The van der Waals surface area contributed by atoms with Gasteiger partial charge in [0.2, 0.25) is 0 Å². The van der Waals surface area contributed by atoms with Crippen molar-refractivity contribution in [2.45, 2.75) is 13.5 Å². The molecule has 148 valence electrons. The van der Waals surface area contributed by atoms with Crippen LogP contribution in [-0.4, -0.2) is 53.9 Å². The summed E-state index contributed by atoms with van der Waals surface area (Å²) in [5.41, 5.74) is 1.61. The minimum atomic E-state index is -0.459. The van der Waals surface area contributed by atoms with Gasteiger partial charge in [-0.05, 0) is 36.2 Å². The van der Waals surface area contributed by atoms with Crippen LogP contribution in [0.15, 0.2) is 36.4 Å². The van der Waals surface area contributed by atoms with Crippen LogP contribution in [0.4, 0.5) is 10.1 Å². The number of nitro groups is 1. The highest BCUT2D eigenvalue weighted by Crippen LogP contribution is 2.28. The van der Waals surface area contributed by atoms with Crippen LogP contribution in [0.2, 0.25) is 0 Å². The van der Waals surface area contributed by atoms with Crippen molar-refractivity contribution < 1.29 is 18.8 Å². The molecule has 0 radical (unpaired) electrons. The van der Waals surface area contributed by atoms with Gasteiger partial charge in [-0.1, -0.05) is 12.1 Å². The molecule has 1 aliphatic rings. The lowest BCUT2D eigenvalue weighted by atomic mass is 10.1. The fraction of sp³-hybridized carbons (Fsp3) is 0.350. The Hall–Kier alpha value is -3.00. The molecule has 2 aromatic carbocycles. The Morgan fingerprint density at radius 3 is 2.50 bits per heavy atom. The molecule has 7 nitrogen and oxygen atoms in total. The summed E-state index contributed by atoms with van der Waals surface area (Å²) >= 11 is 0. The number of rotatable bonds is 5. The van der Waals surface area contributed by atoms with E-state index in [9.17, 15) is 19.3 Å². The Morgan fingerprint density at radius 1 is 1.18 bits per heavy atom. The number of halogens is 1. The van der Waals surface area contributed by atoms with E-state index in [1.165, 1.54) is 19.2 Å². The van der Waals surface area contributed by atoms with Crippen LogP contribution in [0, 0.1) is 22.9 Å². The number of carbonyl (C=O) groups excluding carboxylic acids is 1. The summed E-state index contributed by atoms with van der Waals surface area (Å²) in [4.78, 5) is 27.1. The predicted molar refractivity (Wildman–Crippen MR) is 102 cm³/mol. The molecule has 1 saturated heterocycles. The molecule has 1 heterocycles. The first-order valence-corrected chi connectivity index (χ1v) is 8.98. The van der Waals surface area contributed by atoms with Gasteiger partial charge < -0.3 is 9.64 Å². The first kappa shape index (κ1) is 19.8. The second-order valence-electron chi connectivity index (χ2n) is 6.80. The number of benzene rings is 2. The third-order valence-corrected chi connectivity index (χ3v) is 4.92. The number of nitrogens with zero attached hydrogens (tertiary/aromatic N) is 3. The number of ether oxygens (including phenoxy) is 1. The molecule has 2 aromatic rings. The van der Waals surface area contributed by atoms with E-state index < -0.39 is 4.92 Å². The second kappa shape index (κ2) is 8.35. The lowest BCUT2D eigenvalue weighted by Crippen LogP contribution is -2.48. The van der Waals surface area contributed by atoms with Gasteiger partial charge in [-0.25, -0.2) is 4.39 Å². The van der Waals surface area contributed by atoms with E-state index in [0.717, 1.165) is 5.56 Å². The lowest BCUT2D eigenvalue weighted by molar-refractivity contribution is -0.385. The predicted octanol–water partition coefficient (Wildman–Crippen LogP) is 3.01. The SMILES string of the molecule is COc1ccc(CN2CCN(C(=O)c3ccc(C)c(F)c3)CC2)cc1[N+](=O)[O-]. The molecule has 3 rings (SSSR count). The van der Waals surface area contributed by atoms with Crippen molar-refractivity contribution >= 4 is 11.6 Å². The Morgan fingerprint density at radius 2 is 1.89 bits per heavy atom. The molecule has 1 fully saturated rings. The molecule has 28 heavy (non-hydrogen) atoms. The number of hydrogen-bond acceptors (Lipinski definition) is 5. The lowest BCUT2D eigenvalue weighted by Gasteiger charge is -2.34. The van der Waals surface area contributed by atoms with E-state index in [1.807, 2.05) is 0 Å². The molecule has 8 heteroatoms. The zero-order valence-corrected chi connectivity index (χ0v) is 15.9. The summed E-state index contributed by atoms with van der Waals surface area (Å²) in [6, 6.07) is 9.45. The fourth-order valence-electron chi connectivity index (χ4n) is 3.25. The zero-order chi connectivity index (χ0) is 20.3. The normalized spacial score (nSPS) is 14.8. The first-order valence-electron chi connectivity index (χ1n) is 8.98. The molecule has 0 unspecified atom stereocenters. The van der Waals surface area contributed by atoms with Crippen LogP contribution in [0.3, 0.4) is 0 Å². The van der Waals surface area contributed by atoms with Crippen molar-refractivity contribution in [2.75, 3.05) is 33.3 Å². The van der Waals surface area contributed by atoms with E-state index in [1.54, 1.807) is 36.1 Å². The number of methoxy groups -OCH3 is 1. The average Bonchev–Trinajstić information content (AvgIpc) is 2.70. The largest absolute Gasteiger partial charge is 0.490 e. The van der Waals surface area contributed by atoms with Crippen molar-refractivity contribution in [1.29, 1.82) is 0 Å². The van der Waals surface area contributed by atoms with E-state index >= 15 is 0 Å². The van der Waals surface area contributed by atoms with Gasteiger partial charge in [-0.2, -0.15) is 0 Å². The summed E-state index contributed by atoms with van der Waals surface area (Å²) in [7, 11) is 1.40. The highest BCUT2D eigenvalue weighted by molar-refractivity contribution is 5.94. The van der Waals surface area contributed by atoms with Gasteiger partial charge in [-0.15, -0.1) is 0 Å². The minimum Gasteiger partial charge on any atom is -0.490 e. The van der Waals surface area contributed by atoms with Crippen molar-refractivity contribution in [3.05, 3.63) is 69.0 Å². The zero-order valence-electron chi connectivity index (χ0n) is 15.9. The molecular formula is C20H22FN3O4. The number of aryl methyl sites for hydroxylation is 1. The molecule has 0 aliphatic carbocycles. The smallest absolute Gasteiger partial charge is 0.311 e. The third kappa shape index (κ3) is 4.28. The summed E-state index contributed by atoms with van der Waals surface area (Å²) in [6.07, 6.45) is 0. The maximum atomic E-state index is 13.7. The Balaban J connectivity index is 1.61. The second-order valence-corrected chi connectivity index (χ2v) is 6.80. The molecule has 0 N–H and O–H groups in total. The van der Waals surface area contributed by atoms with Gasteiger partial charge in [0.25, 0.3) is 5.91 Å². The fourth-order valence-corrected chi connectivity index (χ4v) is 3.25. The molecule has 0 saturated carbocycles. The number of piperazine rings is 1. The van der Waals surface area contributed by atoms with Crippen molar-refractivity contribution in [3.63, 3.8) is 0 Å². The maximum absolute atomic E-state index is 13.7. The van der Waals surface area contributed by atoms with E-state index in [4.69, 9.17) is 4.74 Å². The quantitative estimate of drug-likeness (QED) is 0.582. The van der Waals surface area contributed by atoms with Gasteiger partial charge in [0.1, 0.15) is 5.82 Å². The van der Waals surface area contributed by atoms with Crippen LogP contribution in [0.25, 0.3) is 0 Å². The Bertz CT molecular complexity index is 895. The molecule has 1 aliphatic heterocycles. The number of carbonyl (C=O) groups is 1. The Labute approximate surface area is 162 Å². The topological polar surface area (TPSA) is 75.9 Å². The monoisotopic (exact) mass is 387 g/mol. The summed E-state index contributed by atoms with van der Waals surface area (Å²) in [6.45, 7) is 4.52. The highest BCUT2D eigenvalue weighted by Gasteiger charge is 2.23. The van der Waals surface area contributed by atoms with Crippen LogP contribution in [0.1, 0.15) is 21.5 Å². The average molecular weight is 387 g/mol. The summed E-state index contributed by atoms with van der Waals surface area (Å²) in [5.74, 6) is -0.335. The molecule has 0 atom stereocenters. The van der Waals surface area contributed by atoms with Crippen LogP contribution in [-0.2, 0) is 6.54 Å². The third-order valence-electron chi connectivity index (χ3n) is 4.92. The van der Waals surface area contributed by atoms with Gasteiger partial charge in [0.05, 0.1) is 12.0 Å². The summed E-state index contributed by atoms with van der Waals surface area (Å²) < 4.78 is 18.7. The standard InChI is InChI=1S/C20H22FN3O4/c1-14-3-5-16(12-17(14)21)20(25)23-9-7-22(8-10-23)13-15-4-6-19(28-2)18(11-15)24(26)27/h3-6,11-12H,7-10,13H2,1-2H3. The highest BCUT2D eigenvalue weighted by atomic mass is 19.1. The van der Waals surface area contributed by atoms with Crippen molar-refractivity contribution in [2.24, 2.45) is 0 Å². The van der Waals surface area contributed by atoms with Gasteiger partial charge in [0, 0.05) is 44.4 Å². The van der Waals surface area contributed by atoms with Crippen molar-refractivity contribution in [3.8, 4) is 5.75 Å². The molecule has 0 bridgehead atoms. The van der Waals surface area contributed by atoms with Crippen LogP contribution >= 0.6 is 0 Å². The Kier molecular flexibility index (Phi) is 5.89. The number of hydrogen-bond donors (Lipinski definition) is 0. The molecule has 0 spiro atoms. The summed E-state index contributed by atoms with van der Waals surface area (Å²) in [5, 5.41) is 11.2. The first-order chi connectivity index (χ1) is 13.4. The van der Waals surface area contributed by atoms with Crippen LogP contribution < -0.4 is 4.74 Å². The van der Waals surface area contributed by atoms with Gasteiger partial charge in [0.15, 0.2) is 5.75 Å². The van der Waals surface area contributed by atoms with Crippen molar-refractivity contribution in [1.82, 2.24) is 9.80 Å². The minimum absolute atomic E-state index is 0.0600. The molecular weight excluding hydrogens is 365 g/mol. The number of amides is 1. The van der Waals surface area contributed by atoms with Gasteiger partial charge in [-0.3, -0.25) is 19.8 Å². The molecule has 0 aromatic heterocycles. The number of nitro benzene ring substituents is 1. The maximum Gasteiger partial charge on any atom is 0.311 e. The molecule has 1 amide bonds.